The fourth-order valence-corrected chi connectivity index (χ4v) is 4.19. The molecule has 8 bridgehead atoms. The summed E-state index contributed by atoms with van der Waals surface area (Å²) in [6, 6.07) is 22.2. The van der Waals surface area contributed by atoms with Crippen LogP contribution < -0.4 is 0 Å². The van der Waals surface area contributed by atoms with Crippen LogP contribution in [-0.4, -0.2) is 25.0 Å². The van der Waals surface area contributed by atoms with E-state index in [0.717, 1.165) is 61.5 Å². The van der Waals surface area contributed by atoms with E-state index >= 15 is 0 Å². The number of aromatic nitrogens is 4. The molecule has 0 unspecified atom stereocenters. The predicted octanol–water partition coefficient (Wildman–Crippen LogP) is 5.81. The number of hydrogen-bond acceptors (Lipinski definition) is 3. The third kappa shape index (κ3) is 3.35. The smallest absolute Gasteiger partial charge is 0.0737 e. The third-order valence-electron chi connectivity index (χ3n) is 5.68. The van der Waals surface area contributed by atoms with Crippen LogP contribution in [0.2, 0.25) is 0 Å². The van der Waals surface area contributed by atoms with Gasteiger partial charge in [-0.3, -0.25) is 0 Å². The van der Waals surface area contributed by atoms with Crippen LogP contribution in [0.5, 0.6) is 0 Å². The summed E-state index contributed by atoms with van der Waals surface area (Å²) in [5.74, 6) is 0. The summed E-state index contributed by atoms with van der Waals surface area (Å²) in [7, 11) is 0. The van der Waals surface area contributed by atoms with Gasteiger partial charge >= 0.3 is 0 Å². The van der Waals surface area contributed by atoms with E-state index in [-0.39, 0.29) is 6.61 Å². The number of fused-ring (bicyclic) bond motifs is 8. The molecule has 2 aliphatic heterocycles. The largest absolute Gasteiger partial charge is 0.392 e. The number of benzene rings is 1. The normalized spacial score (nSPS) is 12.4. The molecule has 5 heterocycles. The molecule has 5 nitrogen and oxygen atoms in total. The Hall–Kier alpha value is -4.22. The molecular formula is C27H20N4O. The van der Waals surface area contributed by atoms with E-state index in [1.807, 2.05) is 85.0 Å². The molecular weight excluding hydrogens is 396 g/mol. The van der Waals surface area contributed by atoms with Crippen LogP contribution >= 0.6 is 0 Å². The SMILES string of the molecule is OCc1ccccc1-c1c2nc(cc3ccc(cc4nc(cc5ccc1[nH]5)C=C4)[nH]3)C=C2. The second-order valence-corrected chi connectivity index (χ2v) is 7.87. The van der Waals surface area contributed by atoms with Gasteiger partial charge in [-0.05, 0) is 77.9 Å². The maximum Gasteiger partial charge on any atom is 0.0737 e. The molecule has 0 fully saturated rings. The molecule has 3 N–H and O–H groups in total. The van der Waals surface area contributed by atoms with Crippen LogP contribution in [0.4, 0.5) is 0 Å². The maximum absolute atomic E-state index is 9.97. The summed E-state index contributed by atoms with van der Waals surface area (Å²) in [5.41, 5.74) is 10.1. The number of aliphatic hydroxyl groups excluding tert-OH is 1. The Balaban J connectivity index is 1.73. The standard InChI is InChI=1S/C27H20N4O/c32-16-17-3-1-2-4-24(17)27-25-11-9-22(30-25)14-20-7-5-18(28-20)13-19-6-8-21(29-19)15-23-10-12-26(27)31-23/h1-15,28,31-32H,16H2. The summed E-state index contributed by atoms with van der Waals surface area (Å²) in [5, 5.41) is 9.97. The molecule has 5 heteroatoms. The minimum atomic E-state index is -0.0407. The van der Waals surface area contributed by atoms with E-state index in [2.05, 4.69) is 16.0 Å². The average Bonchev–Trinajstić information content (AvgIpc) is 3.60. The predicted molar refractivity (Wildman–Crippen MR) is 130 cm³/mol. The summed E-state index contributed by atoms with van der Waals surface area (Å²) < 4.78 is 0. The number of aliphatic hydroxyl groups is 1. The summed E-state index contributed by atoms with van der Waals surface area (Å²) >= 11 is 0. The fourth-order valence-electron chi connectivity index (χ4n) is 4.19. The molecule has 6 rings (SSSR count). The first-order valence-corrected chi connectivity index (χ1v) is 10.5. The first-order chi connectivity index (χ1) is 15.7. The molecule has 0 saturated heterocycles. The van der Waals surface area contributed by atoms with Crippen LogP contribution in [-0.2, 0) is 6.61 Å². The highest BCUT2D eigenvalue weighted by Gasteiger charge is 2.13. The topological polar surface area (TPSA) is 77.6 Å². The molecule has 154 valence electrons. The van der Waals surface area contributed by atoms with Gasteiger partial charge in [-0.25, -0.2) is 9.97 Å². The number of H-pyrrole nitrogens is 2. The molecule has 32 heavy (non-hydrogen) atoms. The molecule has 0 atom stereocenters. The Morgan fingerprint density at radius 3 is 2.03 bits per heavy atom. The van der Waals surface area contributed by atoms with Crippen molar-refractivity contribution in [3.05, 3.63) is 95.1 Å². The second kappa shape index (κ2) is 7.48. The Labute approximate surface area is 184 Å². The van der Waals surface area contributed by atoms with Crippen LogP contribution in [0, 0.1) is 0 Å². The number of nitrogens with zero attached hydrogens (tertiary/aromatic N) is 2. The van der Waals surface area contributed by atoms with E-state index < -0.39 is 0 Å². The molecule has 3 aromatic heterocycles. The number of rotatable bonds is 2. The number of hydrogen-bond donors (Lipinski definition) is 3. The minimum absolute atomic E-state index is 0.0407. The lowest BCUT2D eigenvalue weighted by atomic mass is 9.98. The summed E-state index contributed by atoms with van der Waals surface area (Å²) in [4.78, 5) is 16.5. The minimum Gasteiger partial charge on any atom is -0.392 e. The second-order valence-electron chi connectivity index (χ2n) is 7.87. The highest BCUT2D eigenvalue weighted by Crippen LogP contribution is 2.32. The van der Waals surface area contributed by atoms with Gasteiger partial charge in [-0.15, -0.1) is 0 Å². The molecule has 0 aliphatic carbocycles. The number of aromatic amines is 2. The molecule has 4 aromatic rings. The Morgan fingerprint density at radius 2 is 1.28 bits per heavy atom. The maximum atomic E-state index is 9.97. The van der Waals surface area contributed by atoms with Crippen LogP contribution in [0.25, 0.3) is 57.5 Å². The Bertz CT molecular complexity index is 1570. The first kappa shape index (κ1) is 18.5. The van der Waals surface area contributed by atoms with Gasteiger partial charge in [-0.1, -0.05) is 24.3 Å². The van der Waals surface area contributed by atoms with Gasteiger partial charge in [0.1, 0.15) is 0 Å². The van der Waals surface area contributed by atoms with E-state index in [4.69, 9.17) is 9.97 Å². The first-order valence-electron chi connectivity index (χ1n) is 10.5. The molecule has 0 radical (unpaired) electrons. The van der Waals surface area contributed by atoms with Gasteiger partial charge in [-0.2, -0.15) is 0 Å². The Morgan fingerprint density at radius 1 is 0.656 bits per heavy atom. The molecule has 1 aromatic carbocycles. The van der Waals surface area contributed by atoms with Crippen molar-refractivity contribution in [3.8, 4) is 11.1 Å². The van der Waals surface area contributed by atoms with Gasteiger partial charge in [0, 0.05) is 27.6 Å². The highest BCUT2D eigenvalue weighted by molar-refractivity contribution is 5.92. The van der Waals surface area contributed by atoms with Crippen molar-refractivity contribution >= 4 is 46.4 Å². The van der Waals surface area contributed by atoms with Crippen molar-refractivity contribution in [3.63, 3.8) is 0 Å². The van der Waals surface area contributed by atoms with Gasteiger partial charge in [0.2, 0.25) is 0 Å². The molecule has 2 aliphatic rings. The van der Waals surface area contributed by atoms with E-state index in [9.17, 15) is 5.11 Å². The van der Waals surface area contributed by atoms with Crippen molar-refractivity contribution in [2.75, 3.05) is 0 Å². The van der Waals surface area contributed by atoms with Crippen molar-refractivity contribution < 1.29 is 5.11 Å². The van der Waals surface area contributed by atoms with Gasteiger partial charge < -0.3 is 15.1 Å². The molecule has 0 amide bonds. The number of nitrogens with one attached hydrogen (secondary N) is 2. The van der Waals surface area contributed by atoms with Gasteiger partial charge in [0.25, 0.3) is 0 Å². The summed E-state index contributed by atoms with van der Waals surface area (Å²) in [6.07, 6.45) is 8.06. The zero-order valence-corrected chi connectivity index (χ0v) is 17.2. The van der Waals surface area contributed by atoms with Crippen molar-refractivity contribution in [2.24, 2.45) is 0 Å². The van der Waals surface area contributed by atoms with Crippen molar-refractivity contribution in [1.29, 1.82) is 0 Å². The Kier molecular flexibility index (Phi) is 4.33. The quantitative estimate of drug-likeness (QED) is 0.333. The lowest BCUT2D eigenvalue weighted by Crippen LogP contribution is -1.92. The molecule has 0 spiro atoms. The molecule has 0 saturated carbocycles. The van der Waals surface area contributed by atoms with Crippen molar-refractivity contribution in [2.45, 2.75) is 6.61 Å². The van der Waals surface area contributed by atoms with E-state index in [1.165, 1.54) is 0 Å². The fraction of sp³-hybridized carbons (Fsp3) is 0.0370. The van der Waals surface area contributed by atoms with Crippen molar-refractivity contribution in [1.82, 2.24) is 19.9 Å². The highest BCUT2D eigenvalue weighted by atomic mass is 16.3. The lowest BCUT2D eigenvalue weighted by molar-refractivity contribution is 0.282. The van der Waals surface area contributed by atoms with Gasteiger partial charge in [0.05, 0.1) is 29.4 Å². The van der Waals surface area contributed by atoms with Crippen LogP contribution in [0.3, 0.4) is 0 Å². The zero-order chi connectivity index (χ0) is 21.5. The van der Waals surface area contributed by atoms with Gasteiger partial charge in [0.15, 0.2) is 0 Å². The van der Waals surface area contributed by atoms with Crippen LogP contribution in [0.1, 0.15) is 28.3 Å². The summed E-state index contributed by atoms with van der Waals surface area (Å²) in [6.45, 7) is -0.0407. The zero-order valence-electron chi connectivity index (χ0n) is 17.2. The lowest BCUT2D eigenvalue weighted by Gasteiger charge is -2.08. The van der Waals surface area contributed by atoms with E-state index in [0.29, 0.717) is 0 Å². The monoisotopic (exact) mass is 416 g/mol. The third-order valence-corrected chi connectivity index (χ3v) is 5.68. The van der Waals surface area contributed by atoms with E-state index in [1.54, 1.807) is 0 Å². The van der Waals surface area contributed by atoms with Crippen LogP contribution in [0.15, 0.2) is 66.7 Å². The average molecular weight is 416 g/mol.